The molecule has 0 radical (unpaired) electrons. The third kappa shape index (κ3) is 2.42. The molecule has 1 unspecified atom stereocenters. The maximum absolute atomic E-state index is 5.31. The molecule has 0 aliphatic heterocycles. The van der Waals surface area contributed by atoms with Crippen LogP contribution in [0.1, 0.15) is 13.8 Å². The van der Waals surface area contributed by atoms with E-state index in [4.69, 9.17) is 18.9 Å². The zero-order chi connectivity index (χ0) is 9.61. The van der Waals surface area contributed by atoms with Crippen molar-refractivity contribution in [2.24, 2.45) is 0 Å². The van der Waals surface area contributed by atoms with Crippen molar-refractivity contribution in [3.63, 3.8) is 0 Å². The van der Waals surface area contributed by atoms with Gasteiger partial charge in [0.25, 0.3) is 0 Å². The SMILES string of the molecule is CCOC(C)C(OC)(OC)OC. The lowest BCUT2D eigenvalue weighted by Crippen LogP contribution is -2.47. The summed E-state index contributed by atoms with van der Waals surface area (Å²) in [5.41, 5.74) is 0. The molecule has 0 aromatic rings. The van der Waals surface area contributed by atoms with E-state index in [-0.39, 0.29) is 6.10 Å². The van der Waals surface area contributed by atoms with Crippen LogP contribution < -0.4 is 0 Å². The number of methoxy groups -OCH3 is 3. The predicted molar refractivity (Wildman–Crippen MR) is 44.8 cm³/mol. The second-order valence-electron chi connectivity index (χ2n) is 2.31. The zero-order valence-corrected chi connectivity index (χ0v) is 8.42. The molecule has 0 spiro atoms. The Hall–Kier alpha value is -0.160. The van der Waals surface area contributed by atoms with Crippen LogP contribution in [-0.2, 0) is 18.9 Å². The summed E-state index contributed by atoms with van der Waals surface area (Å²) in [6.45, 7) is 4.33. The zero-order valence-electron chi connectivity index (χ0n) is 8.42. The van der Waals surface area contributed by atoms with Crippen molar-refractivity contribution in [2.75, 3.05) is 27.9 Å². The van der Waals surface area contributed by atoms with Crippen molar-refractivity contribution in [1.29, 1.82) is 0 Å². The number of rotatable bonds is 6. The molecule has 0 rings (SSSR count). The highest BCUT2D eigenvalue weighted by Crippen LogP contribution is 2.19. The first-order valence-corrected chi connectivity index (χ1v) is 3.93. The smallest absolute Gasteiger partial charge is 0.309 e. The van der Waals surface area contributed by atoms with Gasteiger partial charge in [0, 0.05) is 27.9 Å². The molecule has 0 aromatic carbocycles. The molecule has 12 heavy (non-hydrogen) atoms. The van der Waals surface area contributed by atoms with Gasteiger partial charge in [-0.25, -0.2) is 0 Å². The number of hydrogen-bond acceptors (Lipinski definition) is 4. The van der Waals surface area contributed by atoms with Gasteiger partial charge in [-0.1, -0.05) is 0 Å². The molecule has 0 saturated heterocycles. The topological polar surface area (TPSA) is 36.9 Å². The van der Waals surface area contributed by atoms with Gasteiger partial charge in [-0.2, -0.15) is 0 Å². The molecule has 0 bridgehead atoms. The molecule has 1 atom stereocenters. The van der Waals surface area contributed by atoms with Gasteiger partial charge < -0.3 is 18.9 Å². The summed E-state index contributed by atoms with van der Waals surface area (Å²) in [7, 11) is 4.55. The highest BCUT2D eigenvalue weighted by atomic mass is 16.9. The summed E-state index contributed by atoms with van der Waals surface area (Å²) in [5.74, 6) is -1.09. The second kappa shape index (κ2) is 5.48. The van der Waals surface area contributed by atoms with Gasteiger partial charge in [-0.05, 0) is 13.8 Å². The van der Waals surface area contributed by atoms with Crippen molar-refractivity contribution >= 4 is 0 Å². The molecule has 0 aliphatic rings. The molecule has 0 aliphatic carbocycles. The molecule has 0 N–H and O–H groups in total. The highest BCUT2D eigenvalue weighted by Gasteiger charge is 2.37. The van der Waals surface area contributed by atoms with Crippen LogP contribution in [0.3, 0.4) is 0 Å². The van der Waals surface area contributed by atoms with Gasteiger partial charge >= 0.3 is 5.97 Å². The molecular formula is C8H18O4. The van der Waals surface area contributed by atoms with Crippen molar-refractivity contribution < 1.29 is 18.9 Å². The third-order valence-corrected chi connectivity index (χ3v) is 1.77. The monoisotopic (exact) mass is 178 g/mol. The van der Waals surface area contributed by atoms with E-state index < -0.39 is 5.97 Å². The van der Waals surface area contributed by atoms with Gasteiger partial charge in [-0.15, -0.1) is 0 Å². The molecule has 0 heterocycles. The van der Waals surface area contributed by atoms with Gasteiger partial charge in [0.05, 0.1) is 0 Å². The molecule has 4 heteroatoms. The van der Waals surface area contributed by atoms with E-state index in [1.165, 1.54) is 21.3 Å². The van der Waals surface area contributed by atoms with Gasteiger partial charge in [0.2, 0.25) is 0 Å². The summed E-state index contributed by atoms with van der Waals surface area (Å²) in [6.07, 6.45) is -0.262. The average Bonchev–Trinajstić information content (AvgIpc) is 2.09. The molecule has 0 amide bonds. The maximum atomic E-state index is 5.31. The van der Waals surface area contributed by atoms with Crippen LogP contribution in [0.4, 0.5) is 0 Å². The Morgan fingerprint density at radius 2 is 1.50 bits per heavy atom. The molecule has 0 fully saturated rings. The first kappa shape index (κ1) is 11.8. The van der Waals surface area contributed by atoms with E-state index in [1.54, 1.807) is 0 Å². The fourth-order valence-electron chi connectivity index (χ4n) is 1.10. The quantitative estimate of drug-likeness (QED) is 0.569. The Balaban J connectivity index is 4.24. The summed E-state index contributed by atoms with van der Waals surface area (Å²) in [5, 5.41) is 0. The van der Waals surface area contributed by atoms with Crippen LogP contribution in [0.2, 0.25) is 0 Å². The number of hydrogen-bond donors (Lipinski definition) is 0. The Morgan fingerprint density at radius 3 is 1.75 bits per heavy atom. The summed E-state index contributed by atoms with van der Waals surface area (Å²) < 4.78 is 20.5. The van der Waals surface area contributed by atoms with Gasteiger partial charge in [-0.3, -0.25) is 0 Å². The van der Waals surface area contributed by atoms with E-state index in [0.717, 1.165) is 0 Å². The van der Waals surface area contributed by atoms with Gasteiger partial charge in [0.15, 0.2) is 0 Å². The van der Waals surface area contributed by atoms with E-state index in [9.17, 15) is 0 Å². The van der Waals surface area contributed by atoms with E-state index in [1.807, 2.05) is 13.8 Å². The second-order valence-corrected chi connectivity index (χ2v) is 2.31. The summed E-state index contributed by atoms with van der Waals surface area (Å²) >= 11 is 0. The fraction of sp³-hybridized carbons (Fsp3) is 1.00. The minimum Gasteiger partial charge on any atom is -0.370 e. The third-order valence-electron chi connectivity index (χ3n) is 1.77. The standard InChI is InChI=1S/C8H18O4/c1-6-12-7(2)8(9-3,10-4)11-5/h7H,6H2,1-5H3. The van der Waals surface area contributed by atoms with Crippen LogP contribution in [-0.4, -0.2) is 40.0 Å². The van der Waals surface area contributed by atoms with E-state index in [0.29, 0.717) is 6.61 Å². The Morgan fingerprint density at radius 1 is 1.08 bits per heavy atom. The Kier molecular flexibility index (Phi) is 5.41. The number of ether oxygens (including phenoxy) is 4. The summed E-state index contributed by atoms with van der Waals surface area (Å²) in [4.78, 5) is 0. The van der Waals surface area contributed by atoms with Crippen molar-refractivity contribution in [3.05, 3.63) is 0 Å². The van der Waals surface area contributed by atoms with Gasteiger partial charge in [0.1, 0.15) is 6.10 Å². The highest BCUT2D eigenvalue weighted by molar-refractivity contribution is 4.64. The Bertz CT molecular complexity index is 103. The summed E-state index contributed by atoms with van der Waals surface area (Å²) in [6, 6.07) is 0. The lowest BCUT2D eigenvalue weighted by atomic mass is 10.3. The van der Waals surface area contributed by atoms with E-state index in [2.05, 4.69) is 0 Å². The average molecular weight is 178 g/mol. The van der Waals surface area contributed by atoms with Crippen LogP contribution in [0.15, 0.2) is 0 Å². The largest absolute Gasteiger partial charge is 0.370 e. The predicted octanol–water partition coefficient (Wildman–Crippen LogP) is 1.00. The fourth-order valence-corrected chi connectivity index (χ4v) is 1.10. The normalized spacial score (nSPS) is 14.8. The van der Waals surface area contributed by atoms with Crippen molar-refractivity contribution in [2.45, 2.75) is 25.9 Å². The molecular weight excluding hydrogens is 160 g/mol. The minimum atomic E-state index is -1.09. The van der Waals surface area contributed by atoms with Crippen molar-refractivity contribution in [1.82, 2.24) is 0 Å². The lowest BCUT2D eigenvalue weighted by molar-refractivity contribution is -0.390. The first-order valence-electron chi connectivity index (χ1n) is 3.93. The first-order chi connectivity index (χ1) is 5.66. The molecule has 0 aromatic heterocycles. The van der Waals surface area contributed by atoms with Crippen LogP contribution in [0.5, 0.6) is 0 Å². The van der Waals surface area contributed by atoms with Crippen LogP contribution in [0.25, 0.3) is 0 Å². The molecule has 0 saturated carbocycles. The van der Waals surface area contributed by atoms with Crippen molar-refractivity contribution in [3.8, 4) is 0 Å². The maximum Gasteiger partial charge on any atom is 0.309 e. The van der Waals surface area contributed by atoms with Crippen LogP contribution in [0, 0.1) is 0 Å². The van der Waals surface area contributed by atoms with Crippen LogP contribution >= 0.6 is 0 Å². The lowest BCUT2D eigenvalue weighted by Gasteiger charge is -2.33. The minimum absolute atomic E-state index is 0.262. The van der Waals surface area contributed by atoms with E-state index >= 15 is 0 Å². The molecule has 4 nitrogen and oxygen atoms in total. The Labute approximate surface area is 73.7 Å². The molecule has 74 valence electrons.